The number of hydrogen-bond donors (Lipinski definition) is 1. The second-order valence-electron chi connectivity index (χ2n) is 3.98. The molecule has 4 nitrogen and oxygen atoms in total. The van der Waals surface area contributed by atoms with Gasteiger partial charge in [0.1, 0.15) is 0 Å². The van der Waals surface area contributed by atoms with Crippen LogP contribution in [0.1, 0.15) is 33.6 Å². The third kappa shape index (κ3) is 7.58. The lowest BCUT2D eigenvalue weighted by Gasteiger charge is -2.10. The molecular weight excluding hydrogens is 184 g/mol. The number of carboxylic acids is 1. The molecule has 1 unspecified atom stereocenters. The molecular formula is C10H18O4. The van der Waals surface area contributed by atoms with Crippen molar-refractivity contribution >= 4 is 11.9 Å². The van der Waals surface area contributed by atoms with Gasteiger partial charge in [-0.1, -0.05) is 20.8 Å². The van der Waals surface area contributed by atoms with E-state index in [1.807, 2.05) is 13.8 Å². The van der Waals surface area contributed by atoms with Gasteiger partial charge in [0.2, 0.25) is 0 Å². The van der Waals surface area contributed by atoms with E-state index >= 15 is 0 Å². The van der Waals surface area contributed by atoms with E-state index in [-0.39, 0.29) is 24.7 Å². The van der Waals surface area contributed by atoms with Gasteiger partial charge in [0.05, 0.1) is 6.61 Å². The lowest BCUT2D eigenvalue weighted by molar-refractivity contribution is -0.146. The van der Waals surface area contributed by atoms with Crippen molar-refractivity contribution in [2.75, 3.05) is 6.61 Å². The monoisotopic (exact) mass is 202 g/mol. The first kappa shape index (κ1) is 12.9. The van der Waals surface area contributed by atoms with Crippen molar-refractivity contribution in [3.8, 4) is 0 Å². The number of hydrogen-bond acceptors (Lipinski definition) is 3. The van der Waals surface area contributed by atoms with E-state index in [4.69, 9.17) is 9.84 Å². The van der Waals surface area contributed by atoms with Gasteiger partial charge >= 0.3 is 11.9 Å². The molecule has 1 atom stereocenters. The van der Waals surface area contributed by atoms with Crippen molar-refractivity contribution in [3.05, 3.63) is 0 Å². The molecule has 1 N–H and O–H groups in total. The van der Waals surface area contributed by atoms with E-state index < -0.39 is 5.97 Å². The molecule has 0 bridgehead atoms. The number of ether oxygens (including phenoxy) is 1. The minimum absolute atomic E-state index is 0.0107. The fourth-order valence-electron chi connectivity index (χ4n) is 0.973. The van der Waals surface area contributed by atoms with Crippen LogP contribution in [0.15, 0.2) is 0 Å². The molecule has 0 aromatic rings. The smallest absolute Gasteiger partial charge is 0.306 e. The van der Waals surface area contributed by atoms with Gasteiger partial charge in [-0.05, 0) is 11.8 Å². The maximum absolute atomic E-state index is 11.1. The summed E-state index contributed by atoms with van der Waals surface area (Å²) < 4.78 is 4.92. The van der Waals surface area contributed by atoms with Gasteiger partial charge < -0.3 is 9.84 Å². The van der Waals surface area contributed by atoms with E-state index in [0.29, 0.717) is 12.5 Å². The average molecular weight is 202 g/mol. The highest BCUT2D eigenvalue weighted by molar-refractivity contribution is 5.72. The van der Waals surface area contributed by atoms with Crippen LogP contribution in [0, 0.1) is 11.8 Å². The zero-order chi connectivity index (χ0) is 11.1. The standard InChI is InChI=1S/C10H18O4/c1-7(2)6-14-10(13)5-8(3)4-9(11)12/h7-8H,4-6H2,1-3H3,(H,11,12). The third-order valence-electron chi connectivity index (χ3n) is 1.62. The first-order chi connectivity index (χ1) is 6.41. The van der Waals surface area contributed by atoms with E-state index in [9.17, 15) is 9.59 Å². The quantitative estimate of drug-likeness (QED) is 0.666. The minimum atomic E-state index is -0.880. The molecule has 0 aliphatic rings. The van der Waals surface area contributed by atoms with Gasteiger partial charge in [-0.3, -0.25) is 9.59 Å². The fourth-order valence-corrected chi connectivity index (χ4v) is 0.973. The Bertz CT molecular complexity index is 198. The molecule has 0 rings (SSSR count). The second-order valence-corrected chi connectivity index (χ2v) is 3.98. The SMILES string of the molecule is CC(C)COC(=O)CC(C)CC(=O)O. The van der Waals surface area contributed by atoms with Gasteiger partial charge in [0, 0.05) is 12.8 Å². The summed E-state index contributed by atoms with van der Waals surface area (Å²) in [6, 6.07) is 0. The van der Waals surface area contributed by atoms with Crippen LogP contribution < -0.4 is 0 Å². The third-order valence-corrected chi connectivity index (χ3v) is 1.62. The molecule has 0 heterocycles. The predicted molar refractivity (Wildman–Crippen MR) is 51.8 cm³/mol. The van der Waals surface area contributed by atoms with Crippen molar-refractivity contribution < 1.29 is 19.4 Å². The molecule has 0 aliphatic carbocycles. The summed E-state index contributed by atoms with van der Waals surface area (Å²) in [6.07, 6.45) is 0.190. The summed E-state index contributed by atoms with van der Waals surface area (Å²) in [5.74, 6) is -1.04. The maximum Gasteiger partial charge on any atom is 0.306 e. The normalized spacial score (nSPS) is 12.6. The predicted octanol–water partition coefficient (Wildman–Crippen LogP) is 1.69. The average Bonchev–Trinajstić information content (AvgIpc) is 1.98. The number of aliphatic carboxylic acids is 1. The first-order valence-electron chi connectivity index (χ1n) is 4.79. The molecule has 0 amide bonds. The van der Waals surface area contributed by atoms with E-state index in [1.165, 1.54) is 0 Å². The number of rotatable bonds is 6. The fraction of sp³-hybridized carbons (Fsp3) is 0.800. The van der Waals surface area contributed by atoms with Crippen LogP contribution in [0.4, 0.5) is 0 Å². The molecule has 0 spiro atoms. The Morgan fingerprint density at radius 1 is 1.21 bits per heavy atom. The second kappa shape index (κ2) is 6.40. The van der Waals surface area contributed by atoms with Crippen molar-refractivity contribution in [2.24, 2.45) is 11.8 Å². The molecule has 0 saturated carbocycles. The van der Waals surface area contributed by atoms with Crippen molar-refractivity contribution in [1.82, 2.24) is 0 Å². The van der Waals surface area contributed by atoms with Crippen molar-refractivity contribution in [3.63, 3.8) is 0 Å². The highest BCUT2D eigenvalue weighted by Crippen LogP contribution is 2.08. The number of carbonyl (C=O) groups is 2. The minimum Gasteiger partial charge on any atom is -0.481 e. The van der Waals surface area contributed by atoms with Gasteiger partial charge in [-0.15, -0.1) is 0 Å². The molecule has 0 fully saturated rings. The molecule has 0 aromatic carbocycles. The first-order valence-corrected chi connectivity index (χ1v) is 4.79. The Kier molecular flexibility index (Phi) is 5.92. The highest BCUT2D eigenvalue weighted by atomic mass is 16.5. The lowest BCUT2D eigenvalue weighted by Crippen LogP contribution is -2.14. The van der Waals surface area contributed by atoms with Crippen LogP contribution in [0.5, 0.6) is 0 Å². The maximum atomic E-state index is 11.1. The van der Waals surface area contributed by atoms with Crippen molar-refractivity contribution in [1.29, 1.82) is 0 Å². The van der Waals surface area contributed by atoms with Gasteiger partial charge in [0.25, 0.3) is 0 Å². The summed E-state index contributed by atoms with van der Waals surface area (Å²) in [5.41, 5.74) is 0. The zero-order valence-electron chi connectivity index (χ0n) is 8.95. The number of carbonyl (C=O) groups excluding carboxylic acids is 1. The zero-order valence-corrected chi connectivity index (χ0v) is 8.95. The van der Waals surface area contributed by atoms with Crippen LogP contribution in [0.2, 0.25) is 0 Å². The van der Waals surface area contributed by atoms with E-state index in [0.717, 1.165) is 0 Å². The Hall–Kier alpha value is -1.06. The molecule has 4 heteroatoms. The van der Waals surface area contributed by atoms with E-state index in [1.54, 1.807) is 6.92 Å². The Balaban J connectivity index is 3.66. The van der Waals surface area contributed by atoms with Crippen LogP contribution in [-0.4, -0.2) is 23.7 Å². The Morgan fingerprint density at radius 2 is 1.79 bits per heavy atom. The van der Waals surface area contributed by atoms with Crippen LogP contribution in [-0.2, 0) is 14.3 Å². The number of esters is 1. The number of carboxylic acid groups (broad SMARTS) is 1. The van der Waals surface area contributed by atoms with Crippen molar-refractivity contribution in [2.45, 2.75) is 33.6 Å². The van der Waals surface area contributed by atoms with Crippen LogP contribution >= 0.6 is 0 Å². The molecule has 0 saturated heterocycles. The summed E-state index contributed by atoms with van der Waals surface area (Å²) in [7, 11) is 0. The highest BCUT2D eigenvalue weighted by Gasteiger charge is 2.13. The molecule has 14 heavy (non-hydrogen) atoms. The summed E-state index contributed by atoms with van der Waals surface area (Å²) in [4.78, 5) is 21.4. The van der Waals surface area contributed by atoms with Gasteiger partial charge in [0.15, 0.2) is 0 Å². The summed E-state index contributed by atoms with van der Waals surface area (Å²) in [6.45, 7) is 6.03. The topological polar surface area (TPSA) is 63.6 Å². The van der Waals surface area contributed by atoms with E-state index in [2.05, 4.69) is 0 Å². The summed E-state index contributed by atoms with van der Waals surface area (Å²) in [5, 5.41) is 8.46. The molecule has 0 aliphatic heterocycles. The Morgan fingerprint density at radius 3 is 2.21 bits per heavy atom. The molecule has 0 radical (unpaired) electrons. The van der Waals surface area contributed by atoms with Crippen LogP contribution in [0.3, 0.4) is 0 Å². The Labute approximate surface area is 84.3 Å². The lowest BCUT2D eigenvalue weighted by atomic mass is 10.0. The summed E-state index contributed by atoms with van der Waals surface area (Å²) >= 11 is 0. The van der Waals surface area contributed by atoms with Gasteiger partial charge in [-0.2, -0.15) is 0 Å². The largest absolute Gasteiger partial charge is 0.481 e. The van der Waals surface area contributed by atoms with Crippen LogP contribution in [0.25, 0.3) is 0 Å². The van der Waals surface area contributed by atoms with Gasteiger partial charge in [-0.25, -0.2) is 0 Å². The molecule has 82 valence electrons. The molecule has 0 aromatic heterocycles.